The monoisotopic (exact) mass is 536 g/mol. The molecule has 0 saturated heterocycles. The van der Waals surface area contributed by atoms with Gasteiger partial charge in [-0.15, -0.1) is 24.0 Å². The molecule has 1 heterocycles. The molecule has 0 atom stereocenters. The summed E-state index contributed by atoms with van der Waals surface area (Å²) >= 11 is 0. The van der Waals surface area contributed by atoms with Crippen LogP contribution in [0.15, 0.2) is 77.9 Å². The fraction of sp³-hybridized carbons (Fsp3) is 0.217. The topological polar surface area (TPSA) is 67.8 Å². The molecule has 8 heteroatoms. The number of hydrogen-bond donors (Lipinski definition) is 2. The van der Waals surface area contributed by atoms with Crippen molar-refractivity contribution < 1.29 is 13.9 Å². The van der Waals surface area contributed by atoms with E-state index in [1.807, 2.05) is 48.5 Å². The SMILES string of the molecule is CN=C(NCc1ccc(OCCOc2ccccc2)nc1)NCc1cccc(F)c1.I. The Morgan fingerprint density at radius 1 is 0.903 bits per heavy atom. The lowest BCUT2D eigenvalue weighted by molar-refractivity contribution is 0.212. The lowest BCUT2D eigenvalue weighted by Gasteiger charge is -2.12. The van der Waals surface area contributed by atoms with Crippen molar-refractivity contribution in [3.05, 3.63) is 89.9 Å². The molecule has 6 nitrogen and oxygen atoms in total. The molecule has 0 aliphatic heterocycles. The van der Waals surface area contributed by atoms with Gasteiger partial charge >= 0.3 is 0 Å². The second-order valence-electron chi connectivity index (χ2n) is 6.42. The zero-order chi connectivity index (χ0) is 21.0. The lowest BCUT2D eigenvalue weighted by Crippen LogP contribution is -2.36. The molecule has 0 radical (unpaired) electrons. The van der Waals surface area contributed by atoms with E-state index in [-0.39, 0.29) is 29.8 Å². The van der Waals surface area contributed by atoms with Crippen LogP contribution in [0.3, 0.4) is 0 Å². The van der Waals surface area contributed by atoms with Crippen LogP contribution in [0.2, 0.25) is 0 Å². The van der Waals surface area contributed by atoms with Crippen LogP contribution in [0.4, 0.5) is 4.39 Å². The molecular weight excluding hydrogens is 510 g/mol. The van der Waals surface area contributed by atoms with Crippen LogP contribution >= 0.6 is 24.0 Å². The van der Waals surface area contributed by atoms with Gasteiger partial charge in [0.15, 0.2) is 5.96 Å². The third-order valence-electron chi connectivity index (χ3n) is 4.18. The molecule has 2 aromatic carbocycles. The van der Waals surface area contributed by atoms with E-state index in [2.05, 4.69) is 20.6 Å². The van der Waals surface area contributed by atoms with E-state index in [4.69, 9.17) is 9.47 Å². The maximum atomic E-state index is 13.3. The molecule has 0 fully saturated rings. The summed E-state index contributed by atoms with van der Waals surface area (Å²) in [5.41, 5.74) is 1.83. The third-order valence-corrected chi connectivity index (χ3v) is 4.18. The first-order valence-corrected chi connectivity index (χ1v) is 9.67. The van der Waals surface area contributed by atoms with Crippen molar-refractivity contribution >= 4 is 29.9 Å². The smallest absolute Gasteiger partial charge is 0.213 e. The minimum Gasteiger partial charge on any atom is -0.490 e. The van der Waals surface area contributed by atoms with E-state index < -0.39 is 0 Å². The summed E-state index contributed by atoms with van der Waals surface area (Å²) in [5, 5.41) is 6.36. The van der Waals surface area contributed by atoms with Crippen molar-refractivity contribution in [3.8, 4) is 11.6 Å². The number of nitrogens with one attached hydrogen (secondary N) is 2. The first kappa shape index (κ1) is 24.4. The Morgan fingerprint density at radius 2 is 1.65 bits per heavy atom. The summed E-state index contributed by atoms with van der Waals surface area (Å²) in [6.07, 6.45) is 1.75. The molecule has 3 rings (SSSR count). The molecular formula is C23H26FIN4O2. The maximum absolute atomic E-state index is 13.3. The summed E-state index contributed by atoms with van der Waals surface area (Å²) in [6.45, 7) is 1.89. The first-order valence-electron chi connectivity index (χ1n) is 9.67. The molecule has 0 bridgehead atoms. The van der Waals surface area contributed by atoms with Crippen LogP contribution in [0.25, 0.3) is 0 Å². The highest BCUT2D eigenvalue weighted by Crippen LogP contribution is 2.10. The summed E-state index contributed by atoms with van der Waals surface area (Å²) in [6, 6.07) is 19.8. The molecule has 164 valence electrons. The number of pyridine rings is 1. The molecule has 31 heavy (non-hydrogen) atoms. The number of ether oxygens (including phenoxy) is 2. The summed E-state index contributed by atoms with van der Waals surface area (Å²) < 4.78 is 24.4. The van der Waals surface area contributed by atoms with Crippen LogP contribution in [0, 0.1) is 5.82 Å². The van der Waals surface area contributed by atoms with Gasteiger partial charge in [-0.25, -0.2) is 9.37 Å². The maximum Gasteiger partial charge on any atom is 0.213 e. The van der Waals surface area contributed by atoms with Gasteiger partial charge in [0.25, 0.3) is 0 Å². The highest BCUT2D eigenvalue weighted by atomic mass is 127. The van der Waals surface area contributed by atoms with Gasteiger partial charge in [0.2, 0.25) is 5.88 Å². The average Bonchev–Trinajstić information content (AvgIpc) is 2.78. The Balaban J connectivity index is 0.00000341. The van der Waals surface area contributed by atoms with Gasteiger partial charge in [-0.05, 0) is 35.4 Å². The molecule has 0 spiro atoms. The quantitative estimate of drug-likeness (QED) is 0.186. The third kappa shape index (κ3) is 8.79. The van der Waals surface area contributed by atoms with E-state index in [1.54, 1.807) is 19.3 Å². The standard InChI is InChI=1S/C23H25FN4O2.HI/c1-25-23(27-15-18-6-5-7-20(24)14-18)28-17-19-10-11-22(26-16-19)30-13-12-29-21-8-3-2-4-9-21;/h2-11,14,16H,12-13,15,17H2,1H3,(H2,25,27,28);1H. The summed E-state index contributed by atoms with van der Waals surface area (Å²) in [5.74, 6) is 1.73. The van der Waals surface area contributed by atoms with Gasteiger partial charge in [0.05, 0.1) is 0 Å². The largest absolute Gasteiger partial charge is 0.490 e. The minimum atomic E-state index is -0.253. The van der Waals surface area contributed by atoms with E-state index in [9.17, 15) is 4.39 Å². The predicted octanol–water partition coefficient (Wildman–Crippen LogP) is 4.16. The summed E-state index contributed by atoms with van der Waals surface area (Å²) in [7, 11) is 1.69. The molecule has 0 saturated carbocycles. The van der Waals surface area contributed by atoms with Crippen LogP contribution in [-0.2, 0) is 13.1 Å². The Morgan fingerprint density at radius 3 is 2.32 bits per heavy atom. The summed E-state index contributed by atoms with van der Waals surface area (Å²) in [4.78, 5) is 8.49. The predicted molar refractivity (Wildman–Crippen MR) is 131 cm³/mol. The number of hydrogen-bond acceptors (Lipinski definition) is 4. The van der Waals surface area contributed by atoms with Gasteiger partial charge in [-0.3, -0.25) is 4.99 Å². The second kappa shape index (κ2) is 13.4. The van der Waals surface area contributed by atoms with Gasteiger partial charge < -0.3 is 20.1 Å². The van der Waals surface area contributed by atoms with Crippen LogP contribution < -0.4 is 20.1 Å². The molecule has 2 N–H and O–H groups in total. The number of aliphatic imine (C=N–C) groups is 1. The van der Waals surface area contributed by atoms with Gasteiger partial charge in [0, 0.05) is 32.4 Å². The number of nitrogens with zero attached hydrogens (tertiary/aromatic N) is 2. The number of halogens is 2. The van der Waals surface area contributed by atoms with Crippen molar-refractivity contribution in [1.82, 2.24) is 15.6 Å². The molecule has 0 amide bonds. The molecule has 0 aliphatic rings. The van der Waals surface area contributed by atoms with Gasteiger partial charge in [-0.1, -0.05) is 36.4 Å². The van der Waals surface area contributed by atoms with E-state index in [0.717, 1.165) is 16.9 Å². The highest BCUT2D eigenvalue weighted by Gasteiger charge is 2.02. The number of rotatable bonds is 9. The average molecular weight is 536 g/mol. The Kier molecular flexibility index (Phi) is 10.6. The highest BCUT2D eigenvalue weighted by molar-refractivity contribution is 14.0. The molecule has 1 aromatic heterocycles. The number of para-hydroxylation sites is 1. The Bertz CT molecular complexity index is 940. The minimum absolute atomic E-state index is 0. The van der Waals surface area contributed by atoms with E-state index in [1.165, 1.54) is 12.1 Å². The van der Waals surface area contributed by atoms with Gasteiger partial charge in [-0.2, -0.15) is 0 Å². The van der Waals surface area contributed by atoms with Crippen LogP contribution in [0.1, 0.15) is 11.1 Å². The fourth-order valence-electron chi connectivity index (χ4n) is 2.66. The van der Waals surface area contributed by atoms with Gasteiger partial charge in [0.1, 0.15) is 24.8 Å². The normalized spacial score (nSPS) is 10.7. The van der Waals surface area contributed by atoms with E-state index in [0.29, 0.717) is 38.1 Å². The second-order valence-corrected chi connectivity index (χ2v) is 6.42. The van der Waals surface area contributed by atoms with Crippen molar-refractivity contribution in [2.24, 2.45) is 4.99 Å². The lowest BCUT2D eigenvalue weighted by atomic mass is 10.2. The number of guanidine groups is 1. The molecule has 0 unspecified atom stereocenters. The molecule has 0 aliphatic carbocycles. The zero-order valence-corrected chi connectivity index (χ0v) is 19.6. The van der Waals surface area contributed by atoms with E-state index >= 15 is 0 Å². The van der Waals surface area contributed by atoms with Crippen molar-refractivity contribution in [2.75, 3.05) is 20.3 Å². The molecule has 3 aromatic rings. The number of aromatic nitrogens is 1. The van der Waals surface area contributed by atoms with Crippen LogP contribution in [-0.4, -0.2) is 31.2 Å². The first-order chi connectivity index (χ1) is 14.7. The number of benzene rings is 2. The van der Waals surface area contributed by atoms with Crippen molar-refractivity contribution in [3.63, 3.8) is 0 Å². The zero-order valence-electron chi connectivity index (χ0n) is 17.3. The Labute approximate surface area is 198 Å². The fourth-order valence-corrected chi connectivity index (χ4v) is 2.66. The Hall–Kier alpha value is -2.88. The van der Waals surface area contributed by atoms with Crippen LogP contribution in [0.5, 0.6) is 11.6 Å². The van der Waals surface area contributed by atoms with Crippen molar-refractivity contribution in [2.45, 2.75) is 13.1 Å². The van der Waals surface area contributed by atoms with Crippen molar-refractivity contribution in [1.29, 1.82) is 0 Å².